The van der Waals surface area contributed by atoms with Crippen molar-refractivity contribution in [2.75, 3.05) is 19.0 Å². The Hall–Kier alpha value is -3.89. The maximum Gasteiger partial charge on any atom is 0.328 e. The molecule has 0 bridgehead atoms. The highest BCUT2D eigenvalue weighted by Gasteiger charge is 2.31. The van der Waals surface area contributed by atoms with Crippen LogP contribution in [0.2, 0.25) is 0 Å². The number of anilines is 1. The van der Waals surface area contributed by atoms with Crippen LogP contribution in [0.25, 0.3) is 0 Å². The molecular formula is C37H54N2O8. The number of aliphatic hydroxyl groups is 1. The number of esters is 1. The fourth-order valence-corrected chi connectivity index (χ4v) is 5.47. The van der Waals surface area contributed by atoms with E-state index in [-0.39, 0.29) is 47.9 Å². The molecule has 0 saturated heterocycles. The van der Waals surface area contributed by atoms with Crippen molar-refractivity contribution in [3.63, 3.8) is 0 Å². The van der Waals surface area contributed by atoms with Crippen LogP contribution < -0.4 is 10.6 Å². The number of nitrogens with one attached hydrogen (secondary N) is 2. The van der Waals surface area contributed by atoms with E-state index in [1.807, 2.05) is 56.4 Å². The largest absolute Gasteiger partial charge is 0.508 e. The summed E-state index contributed by atoms with van der Waals surface area (Å²) in [6.45, 7) is 7.37. The molecule has 2 rings (SSSR count). The van der Waals surface area contributed by atoms with Gasteiger partial charge in [-0.3, -0.25) is 9.59 Å². The Morgan fingerprint density at radius 1 is 1.04 bits per heavy atom. The number of amides is 2. The topological polar surface area (TPSA) is 154 Å². The van der Waals surface area contributed by atoms with E-state index in [0.717, 1.165) is 32.1 Å². The van der Waals surface area contributed by atoms with Crippen molar-refractivity contribution >= 4 is 23.5 Å². The lowest BCUT2D eigenvalue weighted by atomic mass is 9.88. The molecule has 1 aliphatic rings. The normalized spacial score (nSPS) is 17.1. The van der Waals surface area contributed by atoms with E-state index in [9.17, 15) is 29.7 Å². The van der Waals surface area contributed by atoms with Gasteiger partial charge in [0.05, 0.1) is 24.8 Å². The smallest absolute Gasteiger partial charge is 0.328 e. The first-order valence-corrected chi connectivity index (χ1v) is 16.6. The average Bonchev–Trinajstić information content (AvgIpc) is 3.06. The summed E-state index contributed by atoms with van der Waals surface area (Å²) in [6.07, 6.45) is 17.5. The Kier molecular flexibility index (Phi) is 17.6. The minimum atomic E-state index is -0.944. The van der Waals surface area contributed by atoms with Gasteiger partial charge in [0.25, 0.3) is 0 Å². The molecule has 1 saturated carbocycles. The van der Waals surface area contributed by atoms with E-state index >= 15 is 0 Å². The second-order valence-corrected chi connectivity index (χ2v) is 12.2. The van der Waals surface area contributed by atoms with Crippen molar-refractivity contribution in [2.24, 2.45) is 11.8 Å². The molecule has 0 heterocycles. The van der Waals surface area contributed by atoms with Gasteiger partial charge in [0, 0.05) is 31.4 Å². The number of allylic oxidation sites excluding steroid dienone is 6. The number of rotatable bonds is 18. The van der Waals surface area contributed by atoms with Crippen LogP contribution in [0.15, 0.2) is 60.2 Å². The van der Waals surface area contributed by atoms with Crippen molar-refractivity contribution in [3.05, 3.63) is 65.8 Å². The standard InChI is InChI=1S/C37H54N2O8/c1-6-7-8-9-10-14-20-32(47-37(45)27(4)38-36(44)28-17-12-11-13-18-28)26(3)34(42)25(2)16-15-19-29-23-30(40)24-31(35(29)43)39-33(41)21-22-46-5/h6-10,14,16,23-24,26-28,32,34,40,42-43H,11-13,15,17-22H2,1-5H3,(H,38,44)(H,39,41)/b7-6+,9-8+,14-10+,25-16-. The molecule has 0 radical (unpaired) electrons. The van der Waals surface area contributed by atoms with Crippen molar-refractivity contribution in [2.45, 2.75) is 104 Å². The van der Waals surface area contributed by atoms with Gasteiger partial charge in [-0.25, -0.2) is 4.79 Å². The molecule has 1 fully saturated rings. The molecule has 0 spiro atoms. The van der Waals surface area contributed by atoms with Gasteiger partial charge in [-0.15, -0.1) is 0 Å². The van der Waals surface area contributed by atoms with E-state index in [0.29, 0.717) is 30.4 Å². The minimum Gasteiger partial charge on any atom is -0.508 e. The van der Waals surface area contributed by atoms with Crippen molar-refractivity contribution in [1.29, 1.82) is 0 Å². The number of aryl methyl sites for hydroxylation is 1. The van der Waals surface area contributed by atoms with Crippen LogP contribution in [-0.4, -0.2) is 65.1 Å². The second-order valence-electron chi connectivity index (χ2n) is 12.2. The van der Waals surface area contributed by atoms with Crippen LogP contribution in [-0.2, 0) is 30.3 Å². The molecule has 2 amide bonds. The first-order chi connectivity index (χ1) is 22.5. The fraction of sp³-hybridized carbons (Fsp3) is 0.541. The van der Waals surface area contributed by atoms with Crippen LogP contribution in [0.4, 0.5) is 5.69 Å². The number of hydrogen-bond donors (Lipinski definition) is 5. The molecule has 260 valence electrons. The maximum atomic E-state index is 13.1. The zero-order valence-corrected chi connectivity index (χ0v) is 28.5. The number of carbonyl (C=O) groups excluding carboxylic acids is 3. The van der Waals surface area contributed by atoms with Gasteiger partial charge in [0.1, 0.15) is 23.6 Å². The van der Waals surface area contributed by atoms with Gasteiger partial charge in [-0.05, 0) is 63.7 Å². The van der Waals surface area contributed by atoms with E-state index in [1.165, 1.54) is 19.2 Å². The van der Waals surface area contributed by atoms with Gasteiger partial charge in [0.2, 0.25) is 11.8 Å². The van der Waals surface area contributed by atoms with Crippen LogP contribution >= 0.6 is 0 Å². The minimum absolute atomic E-state index is 0.0803. The Bertz CT molecular complexity index is 1280. The predicted molar refractivity (Wildman–Crippen MR) is 184 cm³/mol. The SMILES string of the molecule is C/C=C/C=C/C=C/CC(OC(=O)C(C)NC(=O)C1CCCCC1)C(C)C(O)/C(C)=C\CCc1cc(O)cc(NC(=O)CCOC)c1O. The van der Waals surface area contributed by atoms with Crippen LogP contribution in [0.3, 0.4) is 0 Å². The van der Waals surface area contributed by atoms with E-state index < -0.39 is 30.1 Å². The summed E-state index contributed by atoms with van der Waals surface area (Å²) in [5.41, 5.74) is 1.20. The predicted octanol–water partition coefficient (Wildman–Crippen LogP) is 6.02. The highest BCUT2D eigenvalue weighted by Crippen LogP contribution is 2.33. The van der Waals surface area contributed by atoms with Gasteiger partial charge >= 0.3 is 5.97 Å². The number of hydrogen-bond acceptors (Lipinski definition) is 8. The molecule has 1 aromatic rings. The molecule has 5 N–H and O–H groups in total. The lowest BCUT2D eigenvalue weighted by molar-refractivity contribution is -0.156. The molecule has 10 heteroatoms. The highest BCUT2D eigenvalue weighted by atomic mass is 16.5. The monoisotopic (exact) mass is 654 g/mol. The van der Waals surface area contributed by atoms with Gasteiger partial charge in [-0.1, -0.05) is 68.7 Å². The zero-order chi connectivity index (χ0) is 34.8. The first-order valence-electron chi connectivity index (χ1n) is 16.6. The number of ether oxygens (including phenoxy) is 2. The maximum absolute atomic E-state index is 13.1. The number of aliphatic hydroxyl groups excluding tert-OH is 1. The Labute approximate surface area is 279 Å². The number of phenols is 2. The summed E-state index contributed by atoms with van der Waals surface area (Å²) in [6, 6.07) is 1.89. The third kappa shape index (κ3) is 13.8. The quantitative estimate of drug-likeness (QED) is 0.0423. The van der Waals surface area contributed by atoms with Gasteiger partial charge in [-0.2, -0.15) is 0 Å². The number of aromatic hydroxyl groups is 2. The molecule has 10 nitrogen and oxygen atoms in total. The lowest BCUT2D eigenvalue weighted by Crippen LogP contribution is -2.45. The number of methoxy groups -OCH3 is 1. The van der Waals surface area contributed by atoms with Gasteiger partial charge < -0.3 is 35.4 Å². The third-order valence-electron chi connectivity index (χ3n) is 8.40. The molecule has 0 aliphatic heterocycles. The van der Waals surface area contributed by atoms with Crippen molar-refractivity contribution in [1.82, 2.24) is 5.32 Å². The second kappa shape index (κ2) is 21.1. The Morgan fingerprint density at radius 2 is 1.74 bits per heavy atom. The average molecular weight is 655 g/mol. The first kappa shape index (κ1) is 39.3. The summed E-state index contributed by atoms with van der Waals surface area (Å²) in [5, 5.41) is 37.6. The summed E-state index contributed by atoms with van der Waals surface area (Å²) >= 11 is 0. The Morgan fingerprint density at radius 3 is 2.43 bits per heavy atom. The number of phenolic OH excluding ortho intramolecular Hbond substituents is 2. The molecule has 0 aromatic heterocycles. The van der Waals surface area contributed by atoms with Crippen molar-refractivity contribution in [3.8, 4) is 11.5 Å². The molecule has 1 aliphatic carbocycles. The third-order valence-corrected chi connectivity index (χ3v) is 8.40. The van der Waals surface area contributed by atoms with Crippen LogP contribution in [0.1, 0.15) is 84.6 Å². The molecule has 4 atom stereocenters. The van der Waals surface area contributed by atoms with Crippen LogP contribution in [0.5, 0.6) is 11.5 Å². The number of carbonyl (C=O) groups is 3. The summed E-state index contributed by atoms with van der Waals surface area (Å²) in [5.74, 6) is -1.83. The van der Waals surface area contributed by atoms with Crippen molar-refractivity contribution < 1.29 is 39.2 Å². The number of benzene rings is 1. The lowest BCUT2D eigenvalue weighted by Gasteiger charge is -2.29. The van der Waals surface area contributed by atoms with Gasteiger partial charge in [0.15, 0.2) is 0 Å². The zero-order valence-electron chi connectivity index (χ0n) is 28.5. The Balaban J connectivity index is 2.10. The summed E-state index contributed by atoms with van der Waals surface area (Å²) in [7, 11) is 1.49. The summed E-state index contributed by atoms with van der Waals surface area (Å²) < 4.78 is 10.8. The molecule has 4 unspecified atom stereocenters. The fourth-order valence-electron chi connectivity index (χ4n) is 5.47. The molecular weight excluding hydrogens is 600 g/mol. The van der Waals surface area contributed by atoms with E-state index in [2.05, 4.69) is 10.6 Å². The molecule has 1 aromatic carbocycles. The highest BCUT2D eigenvalue weighted by molar-refractivity contribution is 5.92. The van der Waals surface area contributed by atoms with Crippen LogP contribution in [0, 0.1) is 11.8 Å². The van der Waals surface area contributed by atoms with E-state index in [1.54, 1.807) is 13.8 Å². The van der Waals surface area contributed by atoms with E-state index in [4.69, 9.17) is 9.47 Å². The molecule has 47 heavy (non-hydrogen) atoms. The summed E-state index contributed by atoms with van der Waals surface area (Å²) in [4.78, 5) is 38.0.